The van der Waals surface area contributed by atoms with E-state index >= 15 is 0 Å². The Morgan fingerprint density at radius 2 is 2.20 bits per heavy atom. The molecule has 1 aromatic carbocycles. The van der Waals surface area contributed by atoms with Crippen molar-refractivity contribution in [3.05, 3.63) is 46.5 Å². The summed E-state index contributed by atoms with van der Waals surface area (Å²) in [4.78, 5) is 29.3. The number of nitrogens with one attached hydrogen (secondary N) is 3. The number of carbonyl (C=O) groups is 2. The number of H-pyrrole nitrogens is 1. The number of carbonyl (C=O) groups excluding carboxylic acids is 1. The number of nitrogens with zero attached hydrogens (tertiary/aromatic N) is 1. The van der Waals surface area contributed by atoms with E-state index in [2.05, 4.69) is 36.5 Å². The van der Waals surface area contributed by atoms with E-state index in [9.17, 15) is 9.59 Å². The monoisotopic (exact) mass is 338 g/mol. The fourth-order valence-corrected chi connectivity index (χ4v) is 1.82. The quantitative estimate of drug-likeness (QED) is 0.685. The first-order valence-corrected chi connectivity index (χ1v) is 6.40. The molecule has 0 bridgehead atoms. The molecule has 7 nitrogen and oxygen atoms in total. The molecule has 0 saturated heterocycles. The molecule has 20 heavy (non-hydrogen) atoms. The molecule has 2 rings (SSSR count). The topological polar surface area (TPSA) is 107 Å². The first-order valence-electron chi connectivity index (χ1n) is 5.61. The summed E-state index contributed by atoms with van der Waals surface area (Å²) >= 11 is 3.25. The van der Waals surface area contributed by atoms with Gasteiger partial charge in [-0.25, -0.2) is 14.6 Å². The zero-order valence-electron chi connectivity index (χ0n) is 10.2. The van der Waals surface area contributed by atoms with Gasteiger partial charge in [-0.3, -0.25) is 0 Å². The van der Waals surface area contributed by atoms with Gasteiger partial charge in [-0.1, -0.05) is 0 Å². The maximum absolute atomic E-state index is 11.7. The molecule has 104 valence electrons. The fraction of sp³-hybridized carbons (Fsp3) is 0.0833. The third-order valence-electron chi connectivity index (χ3n) is 2.46. The van der Waals surface area contributed by atoms with Crippen LogP contribution in [0.15, 0.2) is 35.2 Å². The van der Waals surface area contributed by atoms with Crippen LogP contribution in [0.3, 0.4) is 0 Å². The third-order valence-corrected chi connectivity index (χ3v) is 3.15. The lowest BCUT2D eigenvalue weighted by molar-refractivity contribution is 0.0697. The molecule has 0 unspecified atom stereocenters. The van der Waals surface area contributed by atoms with Gasteiger partial charge in [0.1, 0.15) is 0 Å². The van der Waals surface area contributed by atoms with Crippen LogP contribution in [0, 0.1) is 0 Å². The van der Waals surface area contributed by atoms with Gasteiger partial charge >= 0.3 is 12.0 Å². The number of carboxylic acid groups (broad SMARTS) is 1. The molecule has 0 aliphatic carbocycles. The zero-order valence-corrected chi connectivity index (χ0v) is 11.8. The van der Waals surface area contributed by atoms with Crippen molar-refractivity contribution in [1.29, 1.82) is 0 Å². The van der Waals surface area contributed by atoms with Crippen molar-refractivity contribution < 1.29 is 14.7 Å². The van der Waals surface area contributed by atoms with Crippen molar-refractivity contribution in [2.24, 2.45) is 0 Å². The van der Waals surface area contributed by atoms with Gasteiger partial charge in [0.2, 0.25) is 0 Å². The number of amides is 2. The van der Waals surface area contributed by atoms with Crippen LogP contribution < -0.4 is 10.6 Å². The number of benzene rings is 1. The van der Waals surface area contributed by atoms with Crippen LogP contribution in [0.25, 0.3) is 0 Å². The molecule has 0 saturated carbocycles. The van der Waals surface area contributed by atoms with Crippen molar-refractivity contribution >= 4 is 33.6 Å². The fourth-order valence-electron chi connectivity index (χ4n) is 1.48. The summed E-state index contributed by atoms with van der Waals surface area (Å²) in [5, 5.41) is 14.1. The van der Waals surface area contributed by atoms with Crippen molar-refractivity contribution in [3.8, 4) is 0 Å². The number of aromatic amines is 1. The molecule has 1 heterocycles. The molecule has 2 aromatic rings. The largest absolute Gasteiger partial charge is 0.478 e. The molecule has 0 aliphatic rings. The Hall–Kier alpha value is -2.35. The molecule has 4 N–H and O–H groups in total. The average Bonchev–Trinajstić information content (AvgIpc) is 2.92. The van der Waals surface area contributed by atoms with E-state index < -0.39 is 12.0 Å². The van der Waals surface area contributed by atoms with Gasteiger partial charge < -0.3 is 20.7 Å². The van der Waals surface area contributed by atoms with Gasteiger partial charge in [-0.05, 0) is 34.1 Å². The summed E-state index contributed by atoms with van der Waals surface area (Å²) in [5.74, 6) is -1.06. The number of halogens is 1. The lowest BCUT2D eigenvalue weighted by Gasteiger charge is -2.09. The summed E-state index contributed by atoms with van der Waals surface area (Å²) in [6.45, 7) is 0.294. The molecule has 0 radical (unpaired) electrons. The van der Waals surface area contributed by atoms with E-state index in [4.69, 9.17) is 5.11 Å². The Morgan fingerprint density at radius 1 is 1.40 bits per heavy atom. The average molecular weight is 339 g/mol. The lowest BCUT2D eigenvalue weighted by atomic mass is 10.2. The third kappa shape index (κ3) is 3.58. The molecule has 2 amide bonds. The summed E-state index contributed by atoms with van der Waals surface area (Å²) in [6.07, 6.45) is 3.11. The van der Waals surface area contributed by atoms with Gasteiger partial charge in [0, 0.05) is 10.7 Å². The predicted molar refractivity (Wildman–Crippen MR) is 75.5 cm³/mol. The van der Waals surface area contributed by atoms with Crippen molar-refractivity contribution in [3.63, 3.8) is 0 Å². The Balaban J connectivity index is 2.00. The van der Waals surface area contributed by atoms with Crippen LogP contribution >= 0.6 is 15.9 Å². The van der Waals surface area contributed by atoms with Crippen molar-refractivity contribution in [1.82, 2.24) is 15.3 Å². The molecular formula is C12H11BrN4O3. The number of anilines is 1. The SMILES string of the molecule is O=C(NCc1cnc[nH]1)Nc1cc(C(=O)O)ccc1Br. The minimum Gasteiger partial charge on any atom is -0.478 e. The minimum absolute atomic E-state index is 0.0945. The van der Waals surface area contributed by atoms with Crippen LogP contribution in [-0.2, 0) is 6.54 Å². The summed E-state index contributed by atoms with van der Waals surface area (Å²) in [7, 11) is 0. The Kier molecular flexibility index (Phi) is 4.36. The van der Waals surface area contributed by atoms with E-state index in [-0.39, 0.29) is 5.56 Å². The van der Waals surface area contributed by atoms with E-state index in [0.717, 1.165) is 5.69 Å². The number of carboxylic acids is 1. The lowest BCUT2D eigenvalue weighted by Crippen LogP contribution is -2.28. The highest BCUT2D eigenvalue weighted by molar-refractivity contribution is 9.10. The first-order chi connectivity index (χ1) is 9.56. The highest BCUT2D eigenvalue weighted by Gasteiger charge is 2.09. The highest BCUT2D eigenvalue weighted by atomic mass is 79.9. The molecule has 8 heteroatoms. The van der Waals surface area contributed by atoms with E-state index in [1.54, 1.807) is 12.3 Å². The highest BCUT2D eigenvalue weighted by Crippen LogP contribution is 2.23. The van der Waals surface area contributed by atoms with Crippen molar-refractivity contribution in [2.45, 2.75) is 6.54 Å². The van der Waals surface area contributed by atoms with Gasteiger partial charge in [0.15, 0.2) is 0 Å². The Morgan fingerprint density at radius 3 is 2.85 bits per heavy atom. The molecule has 0 atom stereocenters. The molecule has 1 aromatic heterocycles. The van der Waals surface area contributed by atoms with E-state index in [1.165, 1.54) is 18.5 Å². The van der Waals surface area contributed by atoms with Gasteiger partial charge in [-0.15, -0.1) is 0 Å². The second kappa shape index (κ2) is 6.20. The second-order valence-corrected chi connectivity index (χ2v) is 4.74. The summed E-state index contributed by atoms with van der Waals surface area (Å²) in [6, 6.07) is 3.94. The number of rotatable bonds is 4. The Labute approximate surface area is 122 Å². The molecular weight excluding hydrogens is 328 g/mol. The predicted octanol–water partition coefficient (Wildman–Crippen LogP) is 2.19. The number of aromatic nitrogens is 2. The van der Waals surface area contributed by atoms with E-state index in [0.29, 0.717) is 16.7 Å². The normalized spacial score (nSPS) is 10.1. The van der Waals surface area contributed by atoms with Crippen molar-refractivity contribution in [2.75, 3.05) is 5.32 Å². The van der Waals surface area contributed by atoms with Crippen LogP contribution in [0.5, 0.6) is 0 Å². The number of urea groups is 1. The van der Waals surface area contributed by atoms with Crippen LogP contribution in [0.1, 0.15) is 16.1 Å². The van der Waals surface area contributed by atoms with E-state index in [1.807, 2.05) is 0 Å². The minimum atomic E-state index is -1.06. The Bertz CT molecular complexity index is 628. The van der Waals surface area contributed by atoms with Gasteiger partial charge in [0.25, 0.3) is 0 Å². The smallest absolute Gasteiger partial charge is 0.335 e. The van der Waals surface area contributed by atoms with Crippen LogP contribution in [0.2, 0.25) is 0 Å². The number of hydrogen-bond acceptors (Lipinski definition) is 3. The summed E-state index contributed by atoms with van der Waals surface area (Å²) < 4.78 is 0.596. The maximum Gasteiger partial charge on any atom is 0.335 e. The number of imidazole rings is 1. The molecule has 0 aliphatic heterocycles. The number of aromatic carboxylic acids is 1. The second-order valence-electron chi connectivity index (χ2n) is 3.88. The standard InChI is InChI=1S/C12H11BrN4O3/c13-9-2-1-7(11(18)19)3-10(9)17-12(20)15-5-8-4-14-6-16-8/h1-4,6H,5H2,(H,14,16)(H,18,19)(H2,15,17,20). The molecule has 0 fully saturated rings. The van der Waals surface area contributed by atoms with Gasteiger partial charge in [-0.2, -0.15) is 0 Å². The van der Waals surface area contributed by atoms with Crippen LogP contribution in [0.4, 0.5) is 10.5 Å². The van der Waals surface area contributed by atoms with Crippen LogP contribution in [-0.4, -0.2) is 27.1 Å². The summed E-state index contributed by atoms with van der Waals surface area (Å²) in [5.41, 5.74) is 1.24. The zero-order chi connectivity index (χ0) is 14.5. The molecule has 0 spiro atoms. The maximum atomic E-state index is 11.7. The number of hydrogen-bond donors (Lipinski definition) is 4. The van der Waals surface area contributed by atoms with Gasteiger partial charge in [0.05, 0.1) is 29.8 Å². The first kappa shape index (κ1) is 14.1.